The number of anilines is 1. The first-order valence-corrected chi connectivity index (χ1v) is 8.49. The van der Waals surface area contributed by atoms with Crippen LogP contribution in [0.4, 0.5) is 18.9 Å². The molecule has 1 aliphatic rings. The Bertz CT molecular complexity index is 887. The van der Waals surface area contributed by atoms with Crippen molar-refractivity contribution in [1.29, 1.82) is 0 Å². The topological polar surface area (TPSA) is 58.4 Å². The van der Waals surface area contributed by atoms with Crippen LogP contribution in [0.25, 0.3) is 0 Å². The average Bonchev–Trinajstić information content (AvgIpc) is 2.64. The van der Waals surface area contributed by atoms with E-state index in [-0.39, 0.29) is 18.0 Å². The second-order valence-electron chi connectivity index (χ2n) is 6.39. The lowest BCUT2D eigenvalue weighted by Crippen LogP contribution is -2.50. The Hall–Kier alpha value is -2.84. The molecular weight excluding hydrogens is 361 g/mol. The maximum atomic E-state index is 12.9. The van der Waals surface area contributed by atoms with E-state index in [0.717, 1.165) is 16.8 Å². The fourth-order valence-electron chi connectivity index (χ4n) is 2.99. The van der Waals surface area contributed by atoms with Crippen LogP contribution in [0.1, 0.15) is 11.3 Å². The maximum absolute atomic E-state index is 12.9. The molecule has 1 aromatic carbocycles. The van der Waals surface area contributed by atoms with Crippen molar-refractivity contribution in [2.45, 2.75) is 19.6 Å². The van der Waals surface area contributed by atoms with Gasteiger partial charge in [-0.3, -0.25) is 9.59 Å². The summed E-state index contributed by atoms with van der Waals surface area (Å²) in [6, 6.07) is 8.11. The van der Waals surface area contributed by atoms with E-state index >= 15 is 0 Å². The standard InChI is InChI=1S/C18H19F3N4O2/c1-13-5-6-16(26)25(22-13)12-17(27)24-9-7-23(8-10-24)15-4-2-3-14(11-15)18(19,20)21/h2-6,11H,7-10,12H2,1H3. The van der Waals surface area contributed by atoms with E-state index in [1.54, 1.807) is 24.0 Å². The van der Waals surface area contributed by atoms with Crippen molar-refractivity contribution < 1.29 is 18.0 Å². The van der Waals surface area contributed by atoms with Crippen LogP contribution in [-0.2, 0) is 17.5 Å². The molecule has 144 valence electrons. The first-order chi connectivity index (χ1) is 12.7. The number of nitrogens with zero attached hydrogens (tertiary/aromatic N) is 4. The summed E-state index contributed by atoms with van der Waals surface area (Å²) in [5.41, 5.74) is 0.0743. The summed E-state index contributed by atoms with van der Waals surface area (Å²) in [5.74, 6) is -0.237. The largest absolute Gasteiger partial charge is 0.416 e. The Morgan fingerprint density at radius 1 is 1.11 bits per heavy atom. The summed E-state index contributed by atoms with van der Waals surface area (Å²) in [5, 5.41) is 4.04. The van der Waals surface area contributed by atoms with Gasteiger partial charge < -0.3 is 9.80 Å². The third kappa shape index (κ3) is 4.47. The minimum atomic E-state index is -4.39. The number of alkyl halides is 3. The van der Waals surface area contributed by atoms with E-state index in [0.29, 0.717) is 37.6 Å². The molecule has 0 saturated carbocycles. The molecule has 1 fully saturated rings. The number of piperazine rings is 1. The molecule has 27 heavy (non-hydrogen) atoms. The summed E-state index contributed by atoms with van der Waals surface area (Å²) in [4.78, 5) is 27.6. The molecule has 1 saturated heterocycles. The second kappa shape index (κ2) is 7.42. The third-order valence-electron chi connectivity index (χ3n) is 4.46. The van der Waals surface area contributed by atoms with Gasteiger partial charge in [-0.25, -0.2) is 4.68 Å². The molecule has 0 radical (unpaired) electrons. The van der Waals surface area contributed by atoms with Crippen molar-refractivity contribution in [1.82, 2.24) is 14.7 Å². The maximum Gasteiger partial charge on any atom is 0.416 e. The molecule has 2 aromatic rings. The minimum Gasteiger partial charge on any atom is -0.368 e. The number of benzene rings is 1. The van der Waals surface area contributed by atoms with Crippen molar-refractivity contribution in [2.75, 3.05) is 31.1 Å². The van der Waals surface area contributed by atoms with Crippen molar-refractivity contribution in [3.05, 3.63) is 58.0 Å². The normalized spacial score (nSPS) is 15.1. The quantitative estimate of drug-likeness (QED) is 0.817. The molecule has 0 bridgehead atoms. The number of halogens is 3. The molecule has 2 heterocycles. The Morgan fingerprint density at radius 2 is 1.81 bits per heavy atom. The number of rotatable bonds is 3. The summed E-state index contributed by atoms with van der Waals surface area (Å²) < 4.78 is 39.7. The highest BCUT2D eigenvalue weighted by molar-refractivity contribution is 5.76. The number of amides is 1. The summed E-state index contributed by atoms with van der Waals surface area (Å²) in [7, 11) is 0. The van der Waals surface area contributed by atoms with E-state index < -0.39 is 11.7 Å². The van der Waals surface area contributed by atoms with Gasteiger partial charge in [-0.1, -0.05) is 6.07 Å². The van der Waals surface area contributed by atoms with Crippen molar-refractivity contribution in [3.63, 3.8) is 0 Å². The van der Waals surface area contributed by atoms with Gasteiger partial charge in [0.25, 0.3) is 5.56 Å². The number of carbonyl (C=O) groups is 1. The number of hydrogen-bond acceptors (Lipinski definition) is 4. The molecule has 0 N–H and O–H groups in total. The zero-order valence-corrected chi connectivity index (χ0v) is 14.7. The number of aromatic nitrogens is 2. The molecule has 6 nitrogen and oxygen atoms in total. The van der Waals surface area contributed by atoms with E-state index in [9.17, 15) is 22.8 Å². The van der Waals surface area contributed by atoms with Crippen LogP contribution < -0.4 is 10.5 Å². The van der Waals surface area contributed by atoms with Gasteiger partial charge in [0, 0.05) is 37.9 Å². The molecule has 1 aliphatic heterocycles. The van der Waals surface area contributed by atoms with Crippen molar-refractivity contribution in [2.24, 2.45) is 0 Å². The first kappa shape index (κ1) is 18.9. The lowest BCUT2D eigenvalue weighted by molar-refractivity contribution is -0.137. The predicted octanol–water partition coefficient (Wildman–Crippen LogP) is 1.92. The summed E-state index contributed by atoms with van der Waals surface area (Å²) >= 11 is 0. The monoisotopic (exact) mass is 380 g/mol. The van der Waals surface area contributed by atoms with Crippen LogP contribution in [0, 0.1) is 6.92 Å². The van der Waals surface area contributed by atoms with Gasteiger partial charge in [0.15, 0.2) is 0 Å². The fourth-order valence-corrected chi connectivity index (χ4v) is 2.99. The first-order valence-electron chi connectivity index (χ1n) is 8.49. The van der Waals surface area contributed by atoms with Crippen LogP contribution >= 0.6 is 0 Å². The number of aryl methyl sites for hydroxylation is 1. The minimum absolute atomic E-state index is 0.149. The van der Waals surface area contributed by atoms with Gasteiger partial charge in [0.1, 0.15) is 6.54 Å². The number of carbonyl (C=O) groups excluding carboxylic acids is 1. The highest BCUT2D eigenvalue weighted by Crippen LogP contribution is 2.31. The average molecular weight is 380 g/mol. The van der Waals surface area contributed by atoms with Gasteiger partial charge >= 0.3 is 6.18 Å². The van der Waals surface area contributed by atoms with E-state index in [1.807, 2.05) is 4.90 Å². The SMILES string of the molecule is Cc1ccc(=O)n(CC(=O)N2CCN(c3cccc(C(F)(F)F)c3)CC2)n1. The molecule has 0 atom stereocenters. The highest BCUT2D eigenvalue weighted by Gasteiger charge is 2.31. The smallest absolute Gasteiger partial charge is 0.368 e. The lowest BCUT2D eigenvalue weighted by Gasteiger charge is -2.36. The Morgan fingerprint density at radius 3 is 2.48 bits per heavy atom. The Labute approximate surface area is 153 Å². The van der Waals surface area contributed by atoms with Crippen molar-refractivity contribution in [3.8, 4) is 0 Å². The van der Waals surface area contributed by atoms with E-state index in [4.69, 9.17) is 0 Å². The third-order valence-corrected chi connectivity index (χ3v) is 4.46. The molecule has 1 aromatic heterocycles. The van der Waals surface area contributed by atoms with Gasteiger partial charge in [-0.15, -0.1) is 0 Å². The molecule has 0 unspecified atom stereocenters. The summed E-state index contributed by atoms with van der Waals surface area (Å²) in [6.45, 7) is 3.16. The van der Waals surface area contributed by atoms with Crippen LogP contribution in [-0.4, -0.2) is 46.8 Å². The number of hydrogen-bond donors (Lipinski definition) is 0. The molecule has 9 heteroatoms. The predicted molar refractivity (Wildman–Crippen MR) is 93.5 cm³/mol. The van der Waals surface area contributed by atoms with Gasteiger partial charge in [-0.05, 0) is 31.2 Å². The molecule has 3 rings (SSSR count). The van der Waals surface area contributed by atoms with E-state index in [1.165, 1.54) is 12.1 Å². The zero-order chi connectivity index (χ0) is 19.6. The molecule has 0 spiro atoms. The van der Waals surface area contributed by atoms with Gasteiger partial charge in [0.05, 0.1) is 11.3 Å². The van der Waals surface area contributed by atoms with E-state index in [2.05, 4.69) is 5.10 Å². The fraction of sp³-hybridized carbons (Fsp3) is 0.389. The Balaban J connectivity index is 1.63. The van der Waals surface area contributed by atoms with Crippen LogP contribution in [0.15, 0.2) is 41.2 Å². The van der Waals surface area contributed by atoms with Crippen molar-refractivity contribution >= 4 is 11.6 Å². The van der Waals surface area contributed by atoms with Crippen LogP contribution in [0.3, 0.4) is 0 Å². The van der Waals surface area contributed by atoms with Crippen LogP contribution in [0.5, 0.6) is 0 Å². The zero-order valence-electron chi connectivity index (χ0n) is 14.7. The molecule has 1 amide bonds. The van der Waals surface area contributed by atoms with Gasteiger partial charge in [-0.2, -0.15) is 18.3 Å². The lowest BCUT2D eigenvalue weighted by atomic mass is 10.1. The Kier molecular flexibility index (Phi) is 5.20. The highest BCUT2D eigenvalue weighted by atomic mass is 19.4. The van der Waals surface area contributed by atoms with Gasteiger partial charge in [0.2, 0.25) is 5.91 Å². The van der Waals surface area contributed by atoms with Crippen LogP contribution in [0.2, 0.25) is 0 Å². The molecule has 0 aliphatic carbocycles. The second-order valence-corrected chi connectivity index (χ2v) is 6.39. The summed E-state index contributed by atoms with van der Waals surface area (Å²) in [6.07, 6.45) is -4.39. The molecular formula is C18H19F3N4O2.